The summed E-state index contributed by atoms with van der Waals surface area (Å²) in [6.07, 6.45) is 51.2. The smallest absolute Gasteiger partial charge is 0.0651 e. The Hall–Kier alpha value is -1.20. The van der Waals surface area contributed by atoms with Crippen molar-refractivity contribution in [3.8, 4) is 0 Å². The van der Waals surface area contributed by atoms with Gasteiger partial charge in [0.15, 0.2) is 0 Å². The molecule has 16 atom stereocenters. The van der Waals surface area contributed by atoms with Crippen LogP contribution in [0.2, 0.25) is 0 Å². The highest BCUT2D eigenvalue weighted by molar-refractivity contribution is 5.27. The Morgan fingerprint density at radius 1 is 0.562 bits per heavy atom. The Kier molecular flexibility index (Phi) is 22.5. The molecule has 1 N–H and O–H groups in total. The number of allylic oxidation sites excluding steroid dienone is 3. The normalized spacial score (nSPS) is 39.5. The van der Waals surface area contributed by atoms with Gasteiger partial charge in [-0.2, -0.15) is 0 Å². The van der Waals surface area contributed by atoms with Crippen molar-refractivity contribution < 1.29 is 19.3 Å². The predicted molar refractivity (Wildman–Crippen MR) is 311 cm³/mol. The molecule has 6 unspecified atom stereocenters. The van der Waals surface area contributed by atoms with E-state index in [0.717, 1.165) is 104 Å². The fourth-order valence-electron chi connectivity index (χ4n) is 19.1. The zero-order chi connectivity index (χ0) is 52.2. The van der Waals surface area contributed by atoms with Crippen molar-refractivity contribution >= 4 is 0 Å². The first-order valence-corrected chi connectivity index (χ1v) is 32.2. The Morgan fingerprint density at radius 3 is 1.41 bits per heavy atom. The standard InChI is InChI=1S/C33H56O.C32H54O2.C4H8O/c1-7-8-9-10-22-34-27-18-20-32(5)26(23-27)14-15-28-30-17-16-29(25(4)13-11-12-24(2)3)33(30,6)21-19-31(28)32;1-23(2)10-9-11-24(3)28-14-15-29-27-13-12-25-22-26(34-21-8-6-7-20-33)16-18-31(25,4)30(27)17-19-32(28,29)5;1-2-4-5-3-1/h9-10,14,24-25,27-31H,7-8,11-13,15-23H2,1-6H3;6,8,12,23-24,26-30,33H,7,9-11,13-22H2,1-5H3;1-4H2/b10-9+;8-6+;/t25-,27+,28?,29-,30?,31?,32+,33-;24-,26+,27?,28-,29?,30?,31+,32-;/m11./s1. The van der Waals surface area contributed by atoms with Crippen molar-refractivity contribution in [3.63, 3.8) is 0 Å². The van der Waals surface area contributed by atoms with Gasteiger partial charge < -0.3 is 19.3 Å². The van der Waals surface area contributed by atoms with Crippen LogP contribution in [0, 0.1) is 92.7 Å². The highest BCUT2D eigenvalue weighted by atomic mass is 16.5. The molecule has 9 rings (SSSR count). The number of hydrogen-bond acceptors (Lipinski definition) is 4. The fourth-order valence-corrected chi connectivity index (χ4v) is 19.1. The van der Waals surface area contributed by atoms with E-state index in [1.165, 1.54) is 161 Å². The van der Waals surface area contributed by atoms with Crippen LogP contribution >= 0.6 is 0 Å². The summed E-state index contributed by atoms with van der Waals surface area (Å²) in [6.45, 7) is 31.4. The van der Waals surface area contributed by atoms with Crippen LogP contribution in [-0.2, 0) is 14.2 Å². The molecule has 0 aromatic heterocycles. The van der Waals surface area contributed by atoms with E-state index in [1.54, 1.807) is 11.1 Å². The number of aliphatic hydroxyl groups excluding tert-OH is 1. The minimum absolute atomic E-state index is 0.228. The van der Waals surface area contributed by atoms with E-state index in [9.17, 15) is 0 Å². The Morgan fingerprint density at radius 2 is 1.01 bits per heavy atom. The third-order valence-corrected chi connectivity index (χ3v) is 23.3. The van der Waals surface area contributed by atoms with Gasteiger partial charge in [-0.3, -0.25) is 0 Å². The Labute approximate surface area is 452 Å². The molecular weight excluding hydrogens is 893 g/mol. The van der Waals surface area contributed by atoms with Crippen molar-refractivity contribution in [2.75, 3.05) is 33.0 Å². The molecule has 0 aromatic carbocycles. The highest BCUT2D eigenvalue weighted by Crippen LogP contribution is 2.69. The van der Waals surface area contributed by atoms with Crippen molar-refractivity contribution in [1.29, 1.82) is 0 Å². The molecule has 4 heteroatoms. The van der Waals surface area contributed by atoms with Crippen LogP contribution in [0.5, 0.6) is 0 Å². The van der Waals surface area contributed by atoms with E-state index in [-0.39, 0.29) is 6.61 Å². The van der Waals surface area contributed by atoms with Crippen LogP contribution < -0.4 is 0 Å². The van der Waals surface area contributed by atoms with Gasteiger partial charge in [-0.05, 0) is 221 Å². The average Bonchev–Trinajstić information content (AvgIpc) is 4.14. The minimum Gasteiger partial charge on any atom is -0.396 e. The SMILES string of the molecule is C1CCOC1.CC(C)CCC[C@@H](C)[C@H]1CCC2C3CC=C4C[C@@H](OC/C=C/CCO)CC[C@]4(C)C3CC[C@@]21C.CCC/C=C/CO[C@H]1CC[C@@]2(C)C(=CCC3C2CC[C@@]2(C)C3CC[C@@H]2[C@H](C)CCCC(C)C)C1. The maximum absolute atomic E-state index is 8.93. The molecule has 8 aliphatic carbocycles. The van der Waals surface area contributed by atoms with Gasteiger partial charge in [0.05, 0.1) is 25.4 Å². The zero-order valence-corrected chi connectivity index (χ0v) is 49.8. The zero-order valence-electron chi connectivity index (χ0n) is 49.8. The largest absolute Gasteiger partial charge is 0.396 e. The summed E-state index contributed by atoms with van der Waals surface area (Å²) in [7, 11) is 0. The molecule has 73 heavy (non-hydrogen) atoms. The van der Waals surface area contributed by atoms with Gasteiger partial charge in [0, 0.05) is 19.8 Å². The van der Waals surface area contributed by atoms with Crippen molar-refractivity contribution in [1.82, 2.24) is 0 Å². The first-order valence-electron chi connectivity index (χ1n) is 32.2. The van der Waals surface area contributed by atoms with Gasteiger partial charge in [0.2, 0.25) is 0 Å². The van der Waals surface area contributed by atoms with Gasteiger partial charge >= 0.3 is 0 Å². The lowest BCUT2D eigenvalue weighted by molar-refractivity contribution is -0.0621. The van der Waals surface area contributed by atoms with E-state index in [2.05, 4.69) is 107 Å². The molecule has 1 saturated heterocycles. The number of fused-ring (bicyclic) bond motifs is 10. The summed E-state index contributed by atoms with van der Waals surface area (Å²) in [5.41, 5.74) is 5.54. The maximum Gasteiger partial charge on any atom is 0.0651 e. The third-order valence-electron chi connectivity index (χ3n) is 23.3. The highest BCUT2D eigenvalue weighted by Gasteiger charge is 2.61. The minimum atomic E-state index is 0.228. The molecular formula is C69H118O4. The average molecular weight is 1010 g/mol. The molecule has 6 saturated carbocycles. The second-order valence-electron chi connectivity index (χ2n) is 28.5. The summed E-state index contributed by atoms with van der Waals surface area (Å²) >= 11 is 0. The van der Waals surface area contributed by atoms with E-state index in [0.29, 0.717) is 40.5 Å². The van der Waals surface area contributed by atoms with Crippen LogP contribution in [0.1, 0.15) is 250 Å². The van der Waals surface area contributed by atoms with Crippen LogP contribution in [-0.4, -0.2) is 50.3 Å². The predicted octanol–water partition coefficient (Wildman–Crippen LogP) is 18.9. The quantitative estimate of drug-likeness (QED) is 0.124. The Bertz CT molecular complexity index is 1640. The number of unbranched alkanes of at least 4 members (excludes halogenated alkanes) is 1. The van der Waals surface area contributed by atoms with Crippen molar-refractivity contribution in [2.24, 2.45) is 92.7 Å². The summed E-state index contributed by atoms with van der Waals surface area (Å²) in [5.74, 6) is 11.0. The lowest BCUT2D eigenvalue weighted by Gasteiger charge is -2.58. The fraction of sp³-hybridized carbons (Fsp3) is 0.884. The van der Waals surface area contributed by atoms with E-state index in [4.69, 9.17) is 19.3 Å². The van der Waals surface area contributed by atoms with Gasteiger partial charge in [-0.15, -0.1) is 0 Å². The number of ether oxygens (including phenoxy) is 3. The Balaban J connectivity index is 0.000000195. The van der Waals surface area contributed by atoms with Crippen LogP contribution in [0.15, 0.2) is 47.6 Å². The molecule has 0 radical (unpaired) electrons. The second-order valence-corrected chi connectivity index (χ2v) is 28.5. The number of rotatable bonds is 20. The molecule has 0 bridgehead atoms. The summed E-state index contributed by atoms with van der Waals surface area (Å²) < 4.78 is 17.5. The summed E-state index contributed by atoms with van der Waals surface area (Å²) in [5, 5.41) is 8.93. The van der Waals surface area contributed by atoms with Crippen molar-refractivity contribution in [3.05, 3.63) is 47.6 Å². The van der Waals surface area contributed by atoms with Gasteiger partial charge in [0.25, 0.3) is 0 Å². The monoisotopic (exact) mass is 1010 g/mol. The maximum atomic E-state index is 8.93. The van der Waals surface area contributed by atoms with Gasteiger partial charge in [-0.1, -0.05) is 169 Å². The molecule has 1 aliphatic heterocycles. The van der Waals surface area contributed by atoms with Crippen molar-refractivity contribution in [2.45, 2.75) is 262 Å². The molecule has 0 spiro atoms. The first kappa shape index (κ1) is 59.5. The molecule has 9 aliphatic rings. The lowest BCUT2D eigenvalue weighted by Crippen LogP contribution is -2.51. The molecule has 0 aromatic rings. The topological polar surface area (TPSA) is 47.9 Å². The second kappa shape index (κ2) is 27.6. The molecule has 7 fully saturated rings. The first-order chi connectivity index (χ1) is 35.1. The number of hydrogen-bond donors (Lipinski definition) is 1. The van der Waals surface area contributed by atoms with Crippen LogP contribution in [0.25, 0.3) is 0 Å². The van der Waals surface area contributed by atoms with E-state index >= 15 is 0 Å². The van der Waals surface area contributed by atoms with E-state index in [1.807, 2.05) is 6.08 Å². The molecule has 0 amide bonds. The lowest BCUT2D eigenvalue weighted by atomic mass is 9.47. The third kappa shape index (κ3) is 14.2. The van der Waals surface area contributed by atoms with E-state index < -0.39 is 0 Å². The van der Waals surface area contributed by atoms with Crippen LogP contribution in [0.4, 0.5) is 0 Å². The molecule has 1 heterocycles. The summed E-state index contributed by atoms with van der Waals surface area (Å²) in [4.78, 5) is 0. The van der Waals surface area contributed by atoms with Gasteiger partial charge in [0.1, 0.15) is 0 Å². The van der Waals surface area contributed by atoms with Crippen LogP contribution in [0.3, 0.4) is 0 Å². The number of aliphatic hydroxyl groups is 1. The molecule has 418 valence electrons. The van der Waals surface area contributed by atoms with Gasteiger partial charge in [-0.25, -0.2) is 0 Å². The molecule has 4 nitrogen and oxygen atoms in total. The summed E-state index contributed by atoms with van der Waals surface area (Å²) in [6, 6.07) is 0.